The summed E-state index contributed by atoms with van der Waals surface area (Å²) in [5, 5.41) is 7.85. The van der Waals surface area contributed by atoms with Crippen LogP contribution in [0.1, 0.15) is 74.3 Å². The van der Waals surface area contributed by atoms with Crippen molar-refractivity contribution in [2.24, 2.45) is 0 Å². The van der Waals surface area contributed by atoms with Crippen molar-refractivity contribution in [1.29, 1.82) is 0 Å². The van der Waals surface area contributed by atoms with Gasteiger partial charge in [-0.15, -0.1) is 0 Å². The minimum Gasteiger partial charge on any atom is -0.0791 e. The summed E-state index contributed by atoms with van der Waals surface area (Å²) in [6.07, 6.45) is 11.3. The molecular formula is C36H44. The molecule has 0 bridgehead atoms. The Kier molecular flexibility index (Phi) is 10.9. The lowest BCUT2D eigenvalue weighted by molar-refractivity contribution is 1.10. The van der Waals surface area contributed by atoms with Crippen LogP contribution in [0, 0.1) is 0 Å². The van der Waals surface area contributed by atoms with Crippen LogP contribution < -0.4 is 10.4 Å². The number of hydrogen-bond donors (Lipinski definition) is 0. The standard InChI is InChI=1S/C33H34.C2H6.CH4/c1-6-23(5)18-19-24(7-2)32-28(8-3)29(9-4)33(31-17-13-12-16-30(31)32)27-21-20-25-14-10-11-15-26(25)22-27;1-2;/h8-22H,6-7H2,1-5H3;1-2H3;1H4/b23-18-,24-19+,28-8+,29-9+;;. The molecule has 0 radical (unpaired) electrons. The van der Waals surface area contributed by atoms with Crippen molar-refractivity contribution in [3.05, 3.63) is 100 Å². The number of hydrogen-bond acceptors (Lipinski definition) is 0. The van der Waals surface area contributed by atoms with Gasteiger partial charge in [-0.3, -0.25) is 0 Å². The Balaban J connectivity index is 0.00000148. The number of allylic oxidation sites excluding steroid dienone is 4. The molecule has 188 valence electrons. The summed E-state index contributed by atoms with van der Waals surface area (Å²) in [5.41, 5.74) is 6.76. The lowest BCUT2D eigenvalue weighted by atomic mass is 9.86. The third-order valence-corrected chi connectivity index (χ3v) is 6.74. The molecule has 0 saturated carbocycles. The predicted molar refractivity (Wildman–Crippen MR) is 167 cm³/mol. The molecule has 0 heterocycles. The molecule has 36 heavy (non-hydrogen) atoms. The van der Waals surface area contributed by atoms with Gasteiger partial charge in [-0.2, -0.15) is 0 Å². The first-order valence-corrected chi connectivity index (χ1v) is 13.2. The van der Waals surface area contributed by atoms with Crippen molar-refractivity contribution in [2.45, 2.75) is 68.7 Å². The molecule has 0 unspecified atom stereocenters. The molecule has 0 atom stereocenters. The highest BCUT2D eigenvalue weighted by Gasteiger charge is 2.15. The summed E-state index contributed by atoms with van der Waals surface area (Å²) in [7, 11) is 0. The van der Waals surface area contributed by atoms with Crippen LogP contribution in [-0.2, 0) is 0 Å². The second-order valence-corrected chi connectivity index (χ2v) is 8.67. The molecule has 4 aromatic carbocycles. The van der Waals surface area contributed by atoms with E-state index in [0.717, 1.165) is 12.8 Å². The van der Waals surface area contributed by atoms with Gasteiger partial charge in [0.15, 0.2) is 0 Å². The highest BCUT2D eigenvalue weighted by atomic mass is 14.2. The second-order valence-electron chi connectivity index (χ2n) is 8.67. The fraction of sp³-hybridized carbons (Fsp3) is 0.278. The van der Waals surface area contributed by atoms with Crippen molar-refractivity contribution in [3.63, 3.8) is 0 Å². The Morgan fingerprint density at radius 1 is 0.694 bits per heavy atom. The second kappa shape index (κ2) is 13.6. The quantitative estimate of drug-likeness (QED) is 0.251. The molecule has 0 fully saturated rings. The van der Waals surface area contributed by atoms with Gasteiger partial charge >= 0.3 is 0 Å². The van der Waals surface area contributed by atoms with E-state index in [1.165, 1.54) is 59.8 Å². The topological polar surface area (TPSA) is 0 Å². The van der Waals surface area contributed by atoms with Crippen molar-refractivity contribution in [3.8, 4) is 11.1 Å². The Bertz CT molecular complexity index is 1490. The van der Waals surface area contributed by atoms with E-state index in [-0.39, 0.29) is 7.43 Å². The van der Waals surface area contributed by atoms with Gasteiger partial charge in [0.25, 0.3) is 0 Å². The molecule has 0 saturated heterocycles. The first-order chi connectivity index (χ1) is 17.1. The van der Waals surface area contributed by atoms with Crippen LogP contribution in [0.15, 0.2) is 84.5 Å². The summed E-state index contributed by atoms with van der Waals surface area (Å²) >= 11 is 0. The third-order valence-electron chi connectivity index (χ3n) is 6.74. The van der Waals surface area contributed by atoms with Crippen molar-refractivity contribution in [1.82, 2.24) is 0 Å². The summed E-state index contributed by atoms with van der Waals surface area (Å²) in [5.74, 6) is 0. The highest BCUT2D eigenvalue weighted by Crippen LogP contribution is 2.32. The molecule has 4 aromatic rings. The van der Waals surface area contributed by atoms with Crippen LogP contribution in [0.25, 0.3) is 50.4 Å². The van der Waals surface area contributed by atoms with Crippen LogP contribution in [-0.4, -0.2) is 0 Å². The molecule has 0 amide bonds. The number of benzene rings is 4. The van der Waals surface area contributed by atoms with Gasteiger partial charge < -0.3 is 0 Å². The maximum Gasteiger partial charge on any atom is -0.00296 e. The normalized spacial score (nSPS) is 13.0. The average Bonchev–Trinajstić information content (AvgIpc) is 2.93. The Labute approximate surface area is 219 Å². The largest absolute Gasteiger partial charge is 0.0791 e. The molecule has 0 aliphatic carbocycles. The van der Waals surface area contributed by atoms with E-state index in [1.54, 1.807) is 0 Å². The zero-order valence-corrected chi connectivity index (χ0v) is 22.6. The monoisotopic (exact) mass is 476 g/mol. The molecule has 0 N–H and O–H groups in total. The van der Waals surface area contributed by atoms with E-state index in [0.29, 0.717) is 0 Å². The molecule has 0 heteroatoms. The summed E-state index contributed by atoms with van der Waals surface area (Å²) in [6.45, 7) is 15.0. The Morgan fingerprint density at radius 2 is 1.31 bits per heavy atom. The van der Waals surface area contributed by atoms with Crippen molar-refractivity contribution < 1.29 is 0 Å². The molecule has 0 aliphatic rings. The third kappa shape index (κ3) is 5.71. The lowest BCUT2D eigenvalue weighted by Gasteiger charge is -2.17. The van der Waals surface area contributed by atoms with Gasteiger partial charge in [-0.25, -0.2) is 0 Å². The van der Waals surface area contributed by atoms with Gasteiger partial charge in [0, 0.05) is 0 Å². The van der Waals surface area contributed by atoms with Crippen LogP contribution >= 0.6 is 0 Å². The van der Waals surface area contributed by atoms with Crippen LogP contribution in [0.5, 0.6) is 0 Å². The summed E-state index contributed by atoms with van der Waals surface area (Å²) < 4.78 is 0. The SMILES string of the molecule is C.C/C=c1/c(/C(=C/C=C(/C)CC)CC)c2ccccc2c(-c2ccc3ccccc3c2)/c1=C/C.CC. The zero-order chi connectivity index (χ0) is 25.4. The Hall–Kier alpha value is -3.38. The smallest absolute Gasteiger partial charge is 0.00296 e. The first-order valence-electron chi connectivity index (χ1n) is 13.2. The van der Waals surface area contributed by atoms with Crippen LogP contribution in [0.3, 0.4) is 0 Å². The van der Waals surface area contributed by atoms with Gasteiger partial charge in [-0.05, 0) is 93.9 Å². The van der Waals surface area contributed by atoms with Gasteiger partial charge in [0.05, 0.1) is 0 Å². The van der Waals surface area contributed by atoms with E-state index in [1.807, 2.05) is 13.8 Å². The van der Waals surface area contributed by atoms with E-state index >= 15 is 0 Å². The maximum atomic E-state index is 2.34. The van der Waals surface area contributed by atoms with E-state index in [4.69, 9.17) is 0 Å². The summed E-state index contributed by atoms with van der Waals surface area (Å²) in [6, 6.07) is 24.4. The molecule has 4 rings (SSSR count). The fourth-order valence-corrected chi connectivity index (χ4v) is 4.82. The number of rotatable bonds is 5. The molecule has 0 spiro atoms. The van der Waals surface area contributed by atoms with Gasteiger partial charge in [0.2, 0.25) is 0 Å². The van der Waals surface area contributed by atoms with E-state index in [2.05, 4.69) is 126 Å². The van der Waals surface area contributed by atoms with Gasteiger partial charge in [0.1, 0.15) is 0 Å². The highest BCUT2D eigenvalue weighted by molar-refractivity contribution is 6.04. The van der Waals surface area contributed by atoms with Crippen molar-refractivity contribution in [2.75, 3.05) is 0 Å². The minimum atomic E-state index is 0. The fourth-order valence-electron chi connectivity index (χ4n) is 4.82. The van der Waals surface area contributed by atoms with E-state index in [9.17, 15) is 0 Å². The van der Waals surface area contributed by atoms with Crippen LogP contribution in [0.4, 0.5) is 0 Å². The molecule has 0 aliphatic heterocycles. The maximum absolute atomic E-state index is 2.34. The zero-order valence-electron chi connectivity index (χ0n) is 22.6. The summed E-state index contributed by atoms with van der Waals surface area (Å²) in [4.78, 5) is 0. The lowest BCUT2D eigenvalue weighted by Crippen LogP contribution is -2.30. The first kappa shape index (κ1) is 28.9. The number of fused-ring (bicyclic) bond motifs is 2. The molecule has 0 nitrogen and oxygen atoms in total. The molecular weight excluding hydrogens is 432 g/mol. The minimum absolute atomic E-state index is 0. The Morgan fingerprint density at radius 3 is 1.92 bits per heavy atom. The predicted octanol–water partition coefficient (Wildman–Crippen LogP) is 10.1. The van der Waals surface area contributed by atoms with E-state index < -0.39 is 0 Å². The van der Waals surface area contributed by atoms with Crippen molar-refractivity contribution >= 4 is 39.3 Å². The van der Waals surface area contributed by atoms with Gasteiger partial charge in [-0.1, -0.05) is 126 Å². The van der Waals surface area contributed by atoms with Crippen LogP contribution in [0.2, 0.25) is 0 Å². The molecule has 0 aromatic heterocycles. The average molecular weight is 477 g/mol.